The van der Waals surface area contributed by atoms with E-state index in [9.17, 15) is 4.79 Å². The molecule has 0 saturated heterocycles. The first-order chi connectivity index (χ1) is 9.45. The number of methoxy groups -OCH3 is 1. The highest BCUT2D eigenvalue weighted by molar-refractivity contribution is 7.58. The summed E-state index contributed by atoms with van der Waals surface area (Å²) in [6, 6.07) is 1.44. The van der Waals surface area contributed by atoms with Gasteiger partial charge in [0, 0.05) is 6.04 Å². The van der Waals surface area contributed by atoms with Gasteiger partial charge >= 0.3 is 5.97 Å². The first kappa shape index (κ1) is 15.3. The monoisotopic (exact) mass is 333 g/mol. The predicted octanol–water partition coefficient (Wildman–Crippen LogP) is 4.33. The summed E-state index contributed by atoms with van der Waals surface area (Å²) in [5, 5.41) is 4.09. The van der Waals surface area contributed by atoms with E-state index in [1.807, 2.05) is 6.92 Å². The Morgan fingerprint density at radius 1 is 1.30 bits per heavy atom. The molecule has 20 heavy (non-hydrogen) atoms. The van der Waals surface area contributed by atoms with Crippen LogP contribution in [0, 0.1) is 5.92 Å². The predicted molar refractivity (Wildman–Crippen MR) is 82.3 cm³/mol. The van der Waals surface area contributed by atoms with E-state index in [0.717, 1.165) is 11.4 Å². The highest BCUT2D eigenvalue weighted by atomic mass is 35.5. The highest BCUT2D eigenvalue weighted by Gasteiger charge is 2.25. The zero-order valence-electron chi connectivity index (χ0n) is 11.1. The van der Waals surface area contributed by atoms with Crippen LogP contribution in [0.1, 0.15) is 13.8 Å². The van der Waals surface area contributed by atoms with Crippen LogP contribution >= 0.6 is 23.2 Å². The Labute approximate surface area is 130 Å². The molecule has 1 aliphatic rings. The van der Waals surface area contributed by atoms with Crippen LogP contribution < -0.4 is 5.32 Å². The van der Waals surface area contributed by atoms with Crippen LogP contribution in [-0.2, 0) is 20.9 Å². The van der Waals surface area contributed by atoms with Gasteiger partial charge in [0.05, 0.1) is 40.1 Å². The van der Waals surface area contributed by atoms with Crippen molar-refractivity contribution < 1.29 is 9.53 Å². The molecule has 2 atom stereocenters. The van der Waals surface area contributed by atoms with Crippen LogP contribution in [-0.4, -0.2) is 19.1 Å². The van der Waals surface area contributed by atoms with Crippen molar-refractivity contribution in [3.05, 3.63) is 16.1 Å². The number of ether oxygens (including phenoxy) is 1. The number of carbonyl (C=O) groups is 1. The summed E-state index contributed by atoms with van der Waals surface area (Å²) in [4.78, 5) is 11.6. The summed E-state index contributed by atoms with van der Waals surface area (Å²) in [6.45, 7) is 3.65. The van der Waals surface area contributed by atoms with Crippen molar-refractivity contribution in [2.45, 2.75) is 19.9 Å². The number of anilines is 1. The summed E-state index contributed by atoms with van der Waals surface area (Å²) < 4.78 is 13.1. The van der Waals surface area contributed by atoms with Gasteiger partial charge in [-0.05, 0) is 19.9 Å². The molecule has 1 aromatic rings. The third kappa shape index (κ3) is 2.82. The normalized spacial score (nSPS) is 15.2. The molecule has 0 spiro atoms. The average Bonchev–Trinajstić information content (AvgIpc) is 2.91. The Morgan fingerprint density at radius 3 is 2.60 bits per heavy atom. The van der Waals surface area contributed by atoms with E-state index in [2.05, 4.69) is 14.0 Å². The quantitative estimate of drug-likeness (QED) is 0.847. The van der Waals surface area contributed by atoms with Crippen LogP contribution in [0.4, 0.5) is 17.1 Å². The molecule has 1 aliphatic heterocycles. The standard InChI is InChI=1S/C12H13Cl2N3O2S/c1-5(12(18)19-3)6(2)15-9-7(13)4-8(14)10-11(9)17-20-16-10/h4-6,15H,1-3H3. The molecule has 0 saturated carbocycles. The van der Waals surface area contributed by atoms with Crippen LogP contribution in [0.15, 0.2) is 14.8 Å². The molecule has 108 valence electrons. The average molecular weight is 334 g/mol. The van der Waals surface area contributed by atoms with E-state index in [-0.39, 0.29) is 17.9 Å². The fourth-order valence-corrected chi connectivity index (χ4v) is 2.92. The number of rotatable bonds is 4. The molecule has 0 amide bonds. The molecule has 0 aliphatic carbocycles. The van der Waals surface area contributed by atoms with Gasteiger partial charge in [-0.2, -0.15) is 8.73 Å². The molecule has 0 fully saturated rings. The molecular formula is C12H13Cl2N3O2S. The van der Waals surface area contributed by atoms with E-state index in [1.165, 1.54) is 7.11 Å². The Morgan fingerprint density at radius 2 is 1.95 bits per heavy atom. The number of fused-ring (bicyclic) bond motifs is 1. The second-order valence-electron chi connectivity index (χ2n) is 4.42. The van der Waals surface area contributed by atoms with Crippen LogP contribution in [0.3, 0.4) is 0 Å². The minimum absolute atomic E-state index is 0.175. The Kier molecular flexibility index (Phi) is 4.67. The molecule has 2 unspecified atom stereocenters. The summed E-state index contributed by atoms with van der Waals surface area (Å²) in [5.41, 5.74) is 1.83. The Bertz CT molecular complexity index is 630. The Balaban J connectivity index is 2.29. The number of nitrogens with zero attached hydrogens (tertiary/aromatic N) is 2. The first-order valence-corrected chi connectivity index (χ1v) is 7.39. The smallest absolute Gasteiger partial charge is 0.310 e. The van der Waals surface area contributed by atoms with E-state index < -0.39 is 0 Å². The summed E-state index contributed by atoms with van der Waals surface area (Å²) in [7, 11) is 1.36. The Hall–Kier alpha value is -1.11. The van der Waals surface area contributed by atoms with Gasteiger partial charge in [0.25, 0.3) is 0 Å². The molecule has 8 heteroatoms. The van der Waals surface area contributed by atoms with Gasteiger partial charge in [0.15, 0.2) is 0 Å². The van der Waals surface area contributed by atoms with Gasteiger partial charge < -0.3 is 10.1 Å². The van der Waals surface area contributed by atoms with Gasteiger partial charge in [-0.15, -0.1) is 0 Å². The fourth-order valence-electron chi connectivity index (χ4n) is 1.75. The van der Waals surface area contributed by atoms with Gasteiger partial charge in [0.1, 0.15) is 11.4 Å². The minimum atomic E-state index is -0.326. The van der Waals surface area contributed by atoms with E-state index >= 15 is 0 Å². The number of hydrogen-bond acceptors (Lipinski definition) is 5. The van der Waals surface area contributed by atoms with Gasteiger partial charge in [0.2, 0.25) is 0 Å². The molecule has 5 nitrogen and oxygen atoms in total. The van der Waals surface area contributed by atoms with Gasteiger partial charge in [-0.3, -0.25) is 4.79 Å². The second-order valence-corrected chi connectivity index (χ2v) is 5.76. The summed E-state index contributed by atoms with van der Waals surface area (Å²) in [5.74, 6) is -0.615. The van der Waals surface area contributed by atoms with Crippen LogP contribution in [0.5, 0.6) is 0 Å². The third-order valence-corrected chi connectivity index (χ3v) is 4.25. The molecule has 0 aromatic heterocycles. The molecule has 2 rings (SSSR count). The van der Waals surface area contributed by atoms with Crippen molar-refractivity contribution in [1.82, 2.24) is 0 Å². The number of halogens is 2. The van der Waals surface area contributed by atoms with E-state index in [4.69, 9.17) is 27.9 Å². The minimum Gasteiger partial charge on any atom is -0.469 e. The summed E-state index contributed by atoms with van der Waals surface area (Å²) in [6.07, 6.45) is 0. The lowest BCUT2D eigenvalue weighted by molar-refractivity contribution is -0.145. The molecule has 1 N–H and O–H groups in total. The number of carbonyl (C=O) groups excluding carboxylic acids is 1. The van der Waals surface area contributed by atoms with Crippen molar-refractivity contribution in [2.75, 3.05) is 12.4 Å². The first-order valence-electron chi connectivity index (χ1n) is 5.90. The largest absolute Gasteiger partial charge is 0.469 e. The molecule has 0 bridgehead atoms. The maximum absolute atomic E-state index is 11.6. The van der Waals surface area contributed by atoms with Crippen molar-refractivity contribution in [3.8, 4) is 0 Å². The lowest BCUT2D eigenvalue weighted by atomic mass is 10.0. The SMILES string of the molecule is COC(=O)C(C)C(C)Nc1c(Cl)cc(Cl)c2c1N=S=N2. The van der Waals surface area contributed by atoms with Crippen LogP contribution in [0.2, 0.25) is 10.0 Å². The van der Waals surface area contributed by atoms with Crippen molar-refractivity contribution >= 4 is 57.6 Å². The summed E-state index contributed by atoms with van der Waals surface area (Å²) >= 11 is 13.3. The lowest BCUT2D eigenvalue weighted by Gasteiger charge is -2.22. The second kappa shape index (κ2) is 6.11. The van der Waals surface area contributed by atoms with Gasteiger partial charge in [-0.1, -0.05) is 23.2 Å². The van der Waals surface area contributed by atoms with E-state index in [1.54, 1.807) is 13.0 Å². The molecule has 1 heterocycles. The highest BCUT2D eigenvalue weighted by Crippen LogP contribution is 2.47. The number of nitrogens with one attached hydrogen (secondary N) is 1. The van der Waals surface area contributed by atoms with Crippen molar-refractivity contribution in [2.24, 2.45) is 14.6 Å². The van der Waals surface area contributed by atoms with Crippen molar-refractivity contribution in [3.63, 3.8) is 0 Å². The fraction of sp³-hybridized carbons (Fsp3) is 0.417. The number of benzene rings is 1. The number of esters is 1. The molecule has 1 aromatic carbocycles. The van der Waals surface area contributed by atoms with E-state index in [0.29, 0.717) is 27.1 Å². The maximum Gasteiger partial charge on any atom is 0.310 e. The lowest BCUT2D eigenvalue weighted by Crippen LogP contribution is -2.30. The third-order valence-electron chi connectivity index (χ3n) is 3.14. The maximum atomic E-state index is 11.6. The zero-order chi connectivity index (χ0) is 14.9. The van der Waals surface area contributed by atoms with Crippen molar-refractivity contribution in [1.29, 1.82) is 0 Å². The van der Waals surface area contributed by atoms with Crippen LogP contribution in [0.25, 0.3) is 0 Å². The number of hydrogen-bond donors (Lipinski definition) is 1. The molecular weight excluding hydrogens is 321 g/mol. The molecule has 0 radical (unpaired) electrons. The zero-order valence-corrected chi connectivity index (χ0v) is 13.4. The van der Waals surface area contributed by atoms with Gasteiger partial charge in [-0.25, -0.2) is 0 Å². The topological polar surface area (TPSA) is 63.0 Å².